The molecule has 1 aromatic heterocycles. The molecule has 122 valence electrons. The van der Waals surface area contributed by atoms with E-state index in [9.17, 15) is 10.0 Å². The molecule has 0 bridgehead atoms. The van der Waals surface area contributed by atoms with Gasteiger partial charge in [-0.05, 0) is 67.1 Å². The molecule has 1 unspecified atom stereocenters. The first kappa shape index (κ1) is 15.2. The number of rotatable bonds is 2. The molecule has 2 atom stereocenters. The van der Waals surface area contributed by atoms with Crippen molar-refractivity contribution in [2.45, 2.75) is 57.6 Å². The Morgan fingerprint density at radius 2 is 2.13 bits per heavy atom. The molecular weight excluding hydrogens is 291 g/mol. The highest BCUT2D eigenvalue weighted by atomic mass is 16.5. The number of hydrogen-bond acceptors (Lipinski definition) is 4. The van der Waals surface area contributed by atoms with E-state index >= 15 is 0 Å². The van der Waals surface area contributed by atoms with Crippen LogP contribution in [0, 0.1) is 0 Å². The second-order valence-corrected chi connectivity index (χ2v) is 6.87. The van der Waals surface area contributed by atoms with Gasteiger partial charge in [0.1, 0.15) is 0 Å². The summed E-state index contributed by atoms with van der Waals surface area (Å²) < 4.78 is 7.80. The van der Waals surface area contributed by atoms with Gasteiger partial charge in [-0.3, -0.25) is 0 Å². The maximum Gasteiger partial charge on any atom is 0.489 e. The molecule has 1 aromatic carbocycles. The molecule has 1 aliphatic heterocycles. The van der Waals surface area contributed by atoms with E-state index < -0.39 is 7.12 Å². The average molecular weight is 314 g/mol. The third-order valence-electron chi connectivity index (χ3n) is 5.33. The summed E-state index contributed by atoms with van der Waals surface area (Å²) in [5.74, 6) is 0.356. The number of ether oxygens (including phenoxy) is 1. The van der Waals surface area contributed by atoms with Crippen LogP contribution in [0.1, 0.15) is 62.3 Å². The number of nitrogens with zero attached hydrogens (tertiary/aromatic N) is 2. The predicted octanol–water partition coefficient (Wildman–Crippen LogP) is 1.85. The Kier molecular flexibility index (Phi) is 3.91. The molecule has 2 heterocycles. The largest absolute Gasteiger partial charge is 0.489 e. The lowest BCUT2D eigenvalue weighted by Crippen LogP contribution is -2.36. The van der Waals surface area contributed by atoms with Gasteiger partial charge in [-0.15, -0.1) is 0 Å². The first-order valence-corrected chi connectivity index (χ1v) is 8.67. The van der Waals surface area contributed by atoms with E-state index in [1.54, 1.807) is 6.20 Å². The van der Waals surface area contributed by atoms with Crippen molar-refractivity contribution in [3.63, 3.8) is 0 Å². The fourth-order valence-electron chi connectivity index (χ4n) is 4.24. The number of benzene rings is 1. The normalized spacial score (nSPS) is 24.7. The van der Waals surface area contributed by atoms with Crippen LogP contribution in [0.3, 0.4) is 0 Å². The maximum atomic E-state index is 10.0. The third kappa shape index (κ3) is 2.49. The second kappa shape index (κ2) is 5.93. The van der Waals surface area contributed by atoms with E-state index in [0.717, 1.165) is 61.6 Å². The molecule has 0 saturated carbocycles. The fraction of sp³-hybridized carbons (Fsp3) is 0.588. The van der Waals surface area contributed by atoms with Crippen molar-refractivity contribution in [2.24, 2.45) is 0 Å². The SMILES string of the molecule is C[C@@H]1CCCc2cc3c(cnn3C3CCCCO3)c(B(O)O)c21. The molecule has 5 nitrogen and oxygen atoms in total. The van der Waals surface area contributed by atoms with Crippen molar-refractivity contribution in [1.29, 1.82) is 0 Å². The first-order chi connectivity index (χ1) is 11.2. The minimum Gasteiger partial charge on any atom is -0.423 e. The van der Waals surface area contributed by atoms with E-state index in [2.05, 4.69) is 18.1 Å². The lowest BCUT2D eigenvalue weighted by molar-refractivity contribution is -0.0366. The van der Waals surface area contributed by atoms with Crippen LogP contribution in [0.25, 0.3) is 10.9 Å². The Balaban J connectivity index is 1.91. The van der Waals surface area contributed by atoms with Gasteiger partial charge in [0.25, 0.3) is 0 Å². The summed E-state index contributed by atoms with van der Waals surface area (Å²) in [4.78, 5) is 0. The van der Waals surface area contributed by atoms with Gasteiger partial charge in [-0.2, -0.15) is 5.10 Å². The zero-order valence-corrected chi connectivity index (χ0v) is 13.5. The highest BCUT2D eigenvalue weighted by Gasteiger charge is 2.30. The quantitative estimate of drug-likeness (QED) is 0.830. The van der Waals surface area contributed by atoms with Gasteiger partial charge in [0, 0.05) is 12.0 Å². The Hall–Kier alpha value is -1.37. The molecule has 0 radical (unpaired) electrons. The van der Waals surface area contributed by atoms with Gasteiger partial charge in [0.2, 0.25) is 0 Å². The van der Waals surface area contributed by atoms with E-state index in [4.69, 9.17) is 4.74 Å². The summed E-state index contributed by atoms with van der Waals surface area (Å²) >= 11 is 0. The molecule has 1 saturated heterocycles. The van der Waals surface area contributed by atoms with Crippen molar-refractivity contribution < 1.29 is 14.8 Å². The van der Waals surface area contributed by atoms with Gasteiger partial charge in [0.15, 0.2) is 6.23 Å². The smallest absolute Gasteiger partial charge is 0.423 e. The van der Waals surface area contributed by atoms with Crippen molar-refractivity contribution in [2.75, 3.05) is 6.61 Å². The van der Waals surface area contributed by atoms with Gasteiger partial charge in [-0.1, -0.05) is 6.92 Å². The molecule has 0 spiro atoms. The fourth-order valence-corrected chi connectivity index (χ4v) is 4.24. The summed E-state index contributed by atoms with van der Waals surface area (Å²) in [6.45, 7) is 2.94. The van der Waals surface area contributed by atoms with Gasteiger partial charge < -0.3 is 14.8 Å². The number of aryl methyl sites for hydroxylation is 1. The zero-order valence-electron chi connectivity index (χ0n) is 13.5. The van der Waals surface area contributed by atoms with E-state index in [1.165, 1.54) is 5.56 Å². The summed E-state index contributed by atoms with van der Waals surface area (Å²) in [5, 5.41) is 25.4. The Labute approximate surface area is 136 Å². The Morgan fingerprint density at radius 1 is 1.26 bits per heavy atom. The zero-order chi connectivity index (χ0) is 16.0. The number of fused-ring (bicyclic) bond motifs is 2. The monoisotopic (exact) mass is 314 g/mol. The van der Waals surface area contributed by atoms with Gasteiger partial charge >= 0.3 is 7.12 Å². The van der Waals surface area contributed by atoms with E-state index in [1.807, 2.05) is 4.68 Å². The van der Waals surface area contributed by atoms with Crippen LogP contribution in [-0.4, -0.2) is 33.6 Å². The van der Waals surface area contributed by atoms with Crippen LogP contribution >= 0.6 is 0 Å². The number of aromatic nitrogens is 2. The average Bonchev–Trinajstić information content (AvgIpc) is 2.97. The van der Waals surface area contributed by atoms with Crippen LogP contribution in [-0.2, 0) is 11.2 Å². The third-order valence-corrected chi connectivity index (χ3v) is 5.33. The molecule has 0 amide bonds. The molecule has 1 fully saturated rings. The van der Waals surface area contributed by atoms with E-state index in [-0.39, 0.29) is 6.23 Å². The standard InChI is InChI=1S/C17H23BN2O3/c1-11-5-4-6-12-9-14-13(17(16(11)12)18(21)22)10-19-20(14)15-7-2-3-8-23-15/h9-11,15,21-22H,2-8H2,1H3/t11-,15?/m1/s1. The summed E-state index contributed by atoms with van der Waals surface area (Å²) in [6, 6.07) is 2.19. The molecule has 1 aliphatic carbocycles. The molecule has 6 heteroatoms. The highest BCUT2D eigenvalue weighted by molar-refractivity contribution is 6.62. The Morgan fingerprint density at radius 3 is 2.87 bits per heavy atom. The van der Waals surface area contributed by atoms with Gasteiger partial charge in [-0.25, -0.2) is 4.68 Å². The molecule has 2 N–H and O–H groups in total. The topological polar surface area (TPSA) is 67.5 Å². The van der Waals surface area contributed by atoms with Crippen molar-refractivity contribution in [3.8, 4) is 0 Å². The van der Waals surface area contributed by atoms with Crippen LogP contribution in [0.5, 0.6) is 0 Å². The lowest BCUT2D eigenvalue weighted by atomic mass is 9.68. The predicted molar refractivity (Wildman–Crippen MR) is 89.8 cm³/mol. The maximum absolute atomic E-state index is 10.0. The Bertz CT molecular complexity index is 722. The van der Waals surface area contributed by atoms with Crippen molar-refractivity contribution >= 4 is 23.5 Å². The lowest BCUT2D eigenvalue weighted by Gasteiger charge is -2.27. The van der Waals surface area contributed by atoms with Crippen molar-refractivity contribution in [3.05, 3.63) is 23.4 Å². The first-order valence-electron chi connectivity index (χ1n) is 8.67. The molecule has 2 aliphatic rings. The van der Waals surface area contributed by atoms with Crippen molar-refractivity contribution in [1.82, 2.24) is 9.78 Å². The van der Waals surface area contributed by atoms with E-state index in [0.29, 0.717) is 11.4 Å². The summed E-state index contributed by atoms with van der Waals surface area (Å²) in [7, 11) is -1.46. The number of hydrogen-bond donors (Lipinski definition) is 2. The minimum atomic E-state index is -1.46. The minimum absolute atomic E-state index is 0.0380. The molecule has 4 rings (SSSR count). The van der Waals surface area contributed by atoms with Crippen LogP contribution in [0.4, 0.5) is 0 Å². The molecule has 23 heavy (non-hydrogen) atoms. The van der Waals surface area contributed by atoms with Crippen LogP contribution < -0.4 is 5.46 Å². The summed E-state index contributed by atoms with van der Waals surface area (Å²) in [6.07, 6.45) is 8.17. The summed E-state index contributed by atoms with van der Waals surface area (Å²) in [5.41, 5.74) is 3.96. The molecular formula is C17H23BN2O3. The second-order valence-electron chi connectivity index (χ2n) is 6.87. The molecule has 2 aromatic rings. The van der Waals surface area contributed by atoms with Gasteiger partial charge in [0.05, 0.1) is 11.7 Å². The van der Waals surface area contributed by atoms with Crippen LogP contribution in [0.2, 0.25) is 0 Å². The van der Waals surface area contributed by atoms with Crippen LogP contribution in [0.15, 0.2) is 12.3 Å². The highest BCUT2D eigenvalue weighted by Crippen LogP contribution is 2.34.